The fourth-order valence-corrected chi connectivity index (χ4v) is 6.91. The minimum Gasteiger partial charge on any atom is -0.456 e. The van der Waals surface area contributed by atoms with Gasteiger partial charge in [-0.1, -0.05) is 115 Å². The van der Waals surface area contributed by atoms with Gasteiger partial charge in [0.05, 0.1) is 16.7 Å². The van der Waals surface area contributed by atoms with E-state index < -0.39 is 0 Å². The minimum absolute atomic E-state index is 0.882. The molecule has 0 radical (unpaired) electrons. The molecule has 0 aliphatic carbocycles. The number of fused-ring (bicyclic) bond motifs is 6. The highest BCUT2D eigenvalue weighted by atomic mass is 16.3. The summed E-state index contributed by atoms with van der Waals surface area (Å²) in [6.07, 6.45) is 0. The van der Waals surface area contributed by atoms with Gasteiger partial charge in [0.25, 0.3) is 0 Å². The molecule has 0 saturated carbocycles. The van der Waals surface area contributed by atoms with Crippen LogP contribution < -0.4 is 4.90 Å². The van der Waals surface area contributed by atoms with Crippen molar-refractivity contribution in [3.05, 3.63) is 170 Å². The summed E-state index contributed by atoms with van der Waals surface area (Å²) in [7, 11) is 0. The van der Waals surface area contributed by atoms with Crippen molar-refractivity contribution < 1.29 is 4.42 Å². The van der Waals surface area contributed by atoms with Crippen LogP contribution in [0.5, 0.6) is 0 Å². The molecule has 3 nitrogen and oxygen atoms in total. The lowest BCUT2D eigenvalue weighted by atomic mass is 9.94. The molecule has 0 amide bonds. The molecule has 9 aromatic rings. The second-order valence-corrected chi connectivity index (χ2v) is 11.3. The average molecular weight is 577 g/mol. The number of hydrogen-bond acceptors (Lipinski definition) is 2. The molecule has 3 heteroatoms. The van der Waals surface area contributed by atoms with E-state index in [1.807, 2.05) is 6.07 Å². The van der Waals surface area contributed by atoms with E-state index in [0.717, 1.165) is 55.7 Å². The van der Waals surface area contributed by atoms with Gasteiger partial charge in [0.15, 0.2) is 0 Å². The predicted octanol–water partition coefficient (Wildman–Crippen LogP) is 11.8. The Balaban J connectivity index is 1.51. The summed E-state index contributed by atoms with van der Waals surface area (Å²) in [6.45, 7) is 0. The third-order valence-electron chi connectivity index (χ3n) is 8.74. The monoisotopic (exact) mass is 576 g/mol. The largest absolute Gasteiger partial charge is 0.456 e. The lowest BCUT2D eigenvalue weighted by molar-refractivity contribution is 0.669. The van der Waals surface area contributed by atoms with E-state index in [1.54, 1.807) is 0 Å². The van der Waals surface area contributed by atoms with Crippen molar-refractivity contribution in [1.82, 2.24) is 4.57 Å². The number of para-hydroxylation sites is 5. The van der Waals surface area contributed by atoms with E-state index in [9.17, 15) is 0 Å². The number of aromatic nitrogens is 1. The average Bonchev–Trinajstić information content (AvgIpc) is 3.65. The van der Waals surface area contributed by atoms with Crippen LogP contribution in [0.25, 0.3) is 60.6 Å². The van der Waals surface area contributed by atoms with Crippen LogP contribution in [0, 0.1) is 0 Å². The van der Waals surface area contributed by atoms with Gasteiger partial charge < -0.3 is 13.9 Å². The summed E-state index contributed by atoms with van der Waals surface area (Å²) in [5, 5.41) is 4.67. The first-order chi connectivity index (χ1) is 22.4. The van der Waals surface area contributed by atoms with Gasteiger partial charge >= 0.3 is 0 Å². The summed E-state index contributed by atoms with van der Waals surface area (Å²) < 4.78 is 9.02. The third-order valence-corrected chi connectivity index (χ3v) is 8.74. The first-order valence-electron chi connectivity index (χ1n) is 15.3. The lowest BCUT2D eigenvalue weighted by Gasteiger charge is -2.27. The van der Waals surface area contributed by atoms with Gasteiger partial charge in [-0.3, -0.25) is 0 Å². The van der Waals surface area contributed by atoms with Crippen molar-refractivity contribution >= 4 is 60.8 Å². The molecule has 0 unspecified atom stereocenters. The Bertz CT molecular complexity index is 2420. The Morgan fingerprint density at radius 3 is 1.73 bits per heavy atom. The molecule has 0 bridgehead atoms. The highest BCUT2D eigenvalue weighted by Gasteiger charge is 2.26. The zero-order valence-corrected chi connectivity index (χ0v) is 24.5. The number of hydrogen-bond donors (Lipinski definition) is 0. The van der Waals surface area contributed by atoms with Crippen LogP contribution >= 0.6 is 0 Å². The standard InChI is InChI=1S/C42H28N2O/c1-5-16-29(17-6-1)39-40-34-25-15-26-35(43(30-18-7-2-8-19-30)31-20-9-3-10-21-31)42(34)44(32-22-11-4-12-23-32)36(40)28-38-41(39)33-24-13-14-27-37(33)45-38/h1-28H. The summed E-state index contributed by atoms with van der Waals surface area (Å²) in [6, 6.07) is 60.0. The van der Waals surface area contributed by atoms with Crippen molar-refractivity contribution in [2.24, 2.45) is 0 Å². The highest BCUT2D eigenvalue weighted by molar-refractivity contribution is 6.28. The Kier molecular flexibility index (Phi) is 5.82. The molecule has 45 heavy (non-hydrogen) atoms. The lowest BCUT2D eigenvalue weighted by Crippen LogP contribution is -2.11. The molecule has 7 aromatic carbocycles. The molecule has 0 N–H and O–H groups in total. The van der Waals surface area contributed by atoms with E-state index in [0.29, 0.717) is 0 Å². The third kappa shape index (κ3) is 3.98. The van der Waals surface area contributed by atoms with Crippen LogP contribution in [0.1, 0.15) is 0 Å². The molecule has 0 fully saturated rings. The van der Waals surface area contributed by atoms with Crippen LogP contribution in [0.2, 0.25) is 0 Å². The minimum atomic E-state index is 0.882. The summed E-state index contributed by atoms with van der Waals surface area (Å²) in [5.41, 5.74) is 10.8. The van der Waals surface area contributed by atoms with E-state index in [2.05, 4.69) is 173 Å². The van der Waals surface area contributed by atoms with Gasteiger partial charge in [0, 0.05) is 50.2 Å². The molecule has 0 spiro atoms. The van der Waals surface area contributed by atoms with Crippen molar-refractivity contribution in [3.63, 3.8) is 0 Å². The van der Waals surface area contributed by atoms with Gasteiger partial charge in [-0.15, -0.1) is 0 Å². The van der Waals surface area contributed by atoms with Crippen LogP contribution in [-0.2, 0) is 0 Å². The Morgan fingerprint density at radius 2 is 1.04 bits per heavy atom. The molecule has 9 rings (SSSR count). The first-order valence-corrected chi connectivity index (χ1v) is 15.3. The summed E-state index contributed by atoms with van der Waals surface area (Å²) in [4.78, 5) is 2.36. The molecule has 2 aromatic heterocycles. The molecule has 212 valence electrons. The smallest absolute Gasteiger partial charge is 0.138 e. The topological polar surface area (TPSA) is 21.3 Å². The predicted molar refractivity (Wildman–Crippen MR) is 188 cm³/mol. The maximum Gasteiger partial charge on any atom is 0.138 e. The Morgan fingerprint density at radius 1 is 0.467 bits per heavy atom. The number of benzene rings is 7. The molecule has 0 atom stereocenters. The Hall–Kier alpha value is -6.06. The highest BCUT2D eigenvalue weighted by Crippen LogP contribution is 2.49. The van der Waals surface area contributed by atoms with Crippen LogP contribution in [0.15, 0.2) is 174 Å². The van der Waals surface area contributed by atoms with Gasteiger partial charge in [-0.2, -0.15) is 0 Å². The second-order valence-electron chi connectivity index (χ2n) is 11.3. The molecule has 0 saturated heterocycles. The fourth-order valence-electron chi connectivity index (χ4n) is 6.91. The zero-order chi connectivity index (χ0) is 29.7. The second kappa shape index (κ2) is 10.3. The number of furan rings is 1. The molecular weight excluding hydrogens is 548 g/mol. The van der Waals surface area contributed by atoms with Crippen molar-refractivity contribution in [3.8, 4) is 16.8 Å². The maximum absolute atomic E-state index is 6.60. The Labute approximate surface area is 260 Å². The van der Waals surface area contributed by atoms with Crippen LogP contribution in [0.4, 0.5) is 17.1 Å². The normalized spacial score (nSPS) is 11.6. The van der Waals surface area contributed by atoms with Gasteiger partial charge in [-0.25, -0.2) is 0 Å². The number of anilines is 3. The van der Waals surface area contributed by atoms with Crippen LogP contribution in [0.3, 0.4) is 0 Å². The number of nitrogens with zero attached hydrogens (tertiary/aromatic N) is 2. The van der Waals surface area contributed by atoms with E-state index >= 15 is 0 Å². The zero-order valence-electron chi connectivity index (χ0n) is 24.5. The molecule has 0 aliphatic rings. The van der Waals surface area contributed by atoms with Gasteiger partial charge in [0.2, 0.25) is 0 Å². The fraction of sp³-hybridized carbons (Fsp3) is 0. The van der Waals surface area contributed by atoms with E-state index in [4.69, 9.17) is 4.42 Å². The molecule has 2 heterocycles. The van der Waals surface area contributed by atoms with E-state index in [-0.39, 0.29) is 0 Å². The van der Waals surface area contributed by atoms with Crippen LogP contribution in [-0.4, -0.2) is 4.57 Å². The van der Waals surface area contributed by atoms with E-state index in [1.165, 1.54) is 21.9 Å². The molecular formula is C42H28N2O. The SMILES string of the molecule is c1ccc(-c2c3c(cc4c2c2cccc(N(c5ccccc5)c5ccccc5)c2n4-c2ccccc2)oc2ccccc23)cc1. The maximum atomic E-state index is 6.60. The summed E-state index contributed by atoms with van der Waals surface area (Å²) in [5.74, 6) is 0. The van der Waals surface area contributed by atoms with Gasteiger partial charge in [0.1, 0.15) is 11.2 Å². The number of rotatable bonds is 5. The van der Waals surface area contributed by atoms with Crippen molar-refractivity contribution in [2.75, 3.05) is 4.90 Å². The summed E-state index contributed by atoms with van der Waals surface area (Å²) >= 11 is 0. The first kappa shape index (κ1) is 25.4. The van der Waals surface area contributed by atoms with Gasteiger partial charge in [-0.05, 0) is 54.1 Å². The quantitative estimate of drug-likeness (QED) is 0.203. The van der Waals surface area contributed by atoms with Crippen molar-refractivity contribution in [1.29, 1.82) is 0 Å². The van der Waals surface area contributed by atoms with Crippen molar-refractivity contribution in [2.45, 2.75) is 0 Å². The molecule has 0 aliphatic heterocycles.